The van der Waals surface area contributed by atoms with Gasteiger partial charge in [-0.2, -0.15) is 0 Å². The lowest BCUT2D eigenvalue weighted by atomic mass is 9.80. The first-order valence-electron chi connectivity index (χ1n) is 6.45. The molecule has 4 unspecified atom stereocenters. The standard InChI is InChI=1S/C13H25NO3/c1-9-5-6-11(7-10(9)2)17-8-12(14-3)13(15)16-4/h9-12,14H,5-8H2,1-4H3. The van der Waals surface area contributed by atoms with Crippen molar-refractivity contribution < 1.29 is 14.3 Å². The highest BCUT2D eigenvalue weighted by Crippen LogP contribution is 2.30. The van der Waals surface area contributed by atoms with Gasteiger partial charge in [0.1, 0.15) is 6.04 Å². The molecule has 1 rings (SSSR count). The highest BCUT2D eigenvalue weighted by Gasteiger charge is 2.26. The van der Waals surface area contributed by atoms with Crippen molar-refractivity contribution in [3.8, 4) is 0 Å². The molecule has 0 aromatic carbocycles. The van der Waals surface area contributed by atoms with Crippen LogP contribution in [0.25, 0.3) is 0 Å². The second-order valence-electron chi connectivity index (χ2n) is 5.09. The summed E-state index contributed by atoms with van der Waals surface area (Å²) in [6.07, 6.45) is 3.71. The number of rotatable bonds is 5. The summed E-state index contributed by atoms with van der Waals surface area (Å²) in [5.74, 6) is 1.24. The minimum absolute atomic E-state index is 0.260. The fourth-order valence-electron chi connectivity index (χ4n) is 2.29. The van der Waals surface area contributed by atoms with Gasteiger partial charge in [0, 0.05) is 0 Å². The Labute approximate surface area is 104 Å². The van der Waals surface area contributed by atoms with Crippen molar-refractivity contribution in [2.75, 3.05) is 20.8 Å². The van der Waals surface area contributed by atoms with E-state index in [-0.39, 0.29) is 12.0 Å². The zero-order chi connectivity index (χ0) is 12.8. The first-order chi connectivity index (χ1) is 8.08. The summed E-state index contributed by atoms with van der Waals surface area (Å²) < 4.78 is 10.5. The molecule has 1 saturated carbocycles. The Bertz CT molecular complexity index is 245. The summed E-state index contributed by atoms with van der Waals surface area (Å²) in [6, 6.07) is -0.352. The van der Waals surface area contributed by atoms with E-state index in [4.69, 9.17) is 9.47 Å². The molecule has 0 heterocycles. The maximum atomic E-state index is 11.4. The van der Waals surface area contributed by atoms with Gasteiger partial charge in [-0.25, -0.2) is 0 Å². The maximum absolute atomic E-state index is 11.4. The van der Waals surface area contributed by atoms with Gasteiger partial charge >= 0.3 is 5.97 Å². The van der Waals surface area contributed by atoms with Crippen LogP contribution in [0.4, 0.5) is 0 Å². The number of methoxy groups -OCH3 is 1. The predicted molar refractivity (Wildman–Crippen MR) is 66.8 cm³/mol. The molecule has 100 valence electrons. The number of ether oxygens (including phenoxy) is 2. The minimum atomic E-state index is -0.352. The Morgan fingerprint density at radius 2 is 2.06 bits per heavy atom. The molecule has 4 atom stereocenters. The maximum Gasteiger partial charge on any atom is 0.325 e. The van der Waals surface area contributed by atoms with Crippen LogP contribution in [0.2, 0.25) is 0 Å². The molecule has 0 saturated heterocycles. The van der Waals surface area contributed by atoms with Crippen molar-refractivity contribution in [1.29, 1.82) is 0 Å². The van der Waals surface area contributed by atoms with Gasteiger partial charge < -0.3 is 14.8 Å². The number of likely N-dealkylation sites (N-methyl/N-ethyl adjacent to an activating group) is 1. The van der Waals surface area contributed by atoms with Crippen LogP contribution in [0.3, 0.4) is 0 Å². The third-order valence-corrected chi connectivity index (χ3v) is 3.88. The van der Waals surface area contributed by atoms with E-state index in [1.165, 1.54) is 13.5 Å². The van der Waals surface area contributed by atoms with Crippen LogP contribution in [0, 0.1) is 11.8 Å². The molecule has 0 amide bonds. The van der Waals surface area contributed by atoms with Crippen molar-refractivity contribution in [2.45, 2.75) is 45.3 Å². The second kappa shape index (κ2) is 6.97. The van der Waals surface area contributed by atoms with Crippen molar-refractivity contribution in [3.63, 3.8) is 0 Å². The molecule has 0 spiro atoms. The second-order valence-corrected chi connectivity index (χ2v) is 5.09. The molecule has 0 aromatic heterocycles. The smallest absolute Gasteiger partial charge is 0.325 e. The van der Waals surface area contributed by atoms with Gasteiger partial charge in [-0.3, -0.25) is 4.79 Å². The summed E-state index contributed by atoms with van der Waals surface area (Å²) >= 11 is 0. The lowest BCUT2D eigenvalue weighted by Gasteiger charge is -2.32. The summed E-state index contributed by atoms with van der Waals surface area (Å²) in [7, 11) is 3.15. The number of carbonyl (C=O) groups excluding carboxylic acids is 1. The molecule has 0 aliphatic heterocycles. The number of nitrogens with one attached hydrogen (secondary N) is 1. The molecule has 0 radical (unpaired) electrons. The Morgan fingerprint density at radius 1 is 1.35 bits per heavy atom. The lowest BCUT2D eigenvalue weighted by molar-refractivity contribution is -0.145. The summed E-state index contributed by atoms with van der Waals surface area (Å²) in [5, 5.41) is 2.91. The molecule has 1 aliphatic rings. The number of hydrogen-bond donors (Lipinski definition) is 1. The minimum Gasteiger partial charge on any atom is -0.468 e. The third kappa shape index (κ3) is 4.28. The summed E-state index contributed by atoms with van der Waals surface area (Å²) in [5.41, 5.74) is 0. The average molecular weight is 243 g/mol. The number of hydrogen-bond acceptors (Lipinski definition) is 4. The van der Waals surface area contributed by atoms with Crippen molar-refractivity contribution >= 4 is 5.97 Å². The quantitative estimate of drug-likeness (QED) is 0.745. The highest BCUT2D eigenvalue weighted by atomic mass is 16.5. The monoisotopic (exact) mass is 243 g/mol. The molecule has 0 aromatic rings. The molecule has 1 fully saturated rings. The predicted octanol–water partition coefficient (Wildman–Crippen LogP) is 1.59. The van der Waals surface area contributed by atoms with Crippen LogP contribution in [-0.2, 0) is 14.3 Å². The molecule has 1 aliphatic carbocycles. The average Bonchev–Trinajstić information content (AvgIpc) is 2.33. The van der Waals surface area contributed by atoms with E-state index in [2.05, 4.69) is 19.2 Å². The normalized spacial score (nSPS) is 30.9. The fourth-order valence-corrected chi connectivity index (χ4v) is 2.29. The van der Waals surface area contributed by atoms with E-state index in [1.807, 2.05) is 0 Å². The zero-order valence-electron chi connectivity index (χ0n) is 11.4. The van der Waals surface area contributed by atoms with E-state index >= 15 is 0 Å². The highest BCUT2D eigenvalue weighted by molar-refractivity contribution is 5.75. The zero-order valence-corrected chi connectivity index (χ0v) is 11.4. The SMILES string of the molecule is CNC(COC1CCC(C)C(C)C1)C(=O)OC. The Kier molecular flexibility index (Phi) is 5.92. The van der Waals surface area contributed by atoms with Gasteiger partial charge in [0.05, 0.1) is 19.8 Å². The molecule has 0 bridgehead atoms. The molecular formula is C13H25NO3. The van der Waals surface area contributed by atoms with Crippen LogP contribution in [0.5, 0.6) is 0 Å². The molecule has 17 heavy (non-hydrogen) atoms. The summed E-state index contributed by atoms with van der Waals surface area (Å²) in [6.45, 7) is 4.97. The molecule has 1 N–H and O–H groups in total. The van der Waals surface area contributed by atoms with Gasteiger partial charge in [0.25, 0.3) is 0 Å². The van der Waals surface area contributed by atoms with Gasteiger partial charge in [-0.05, 0) is 38.1 Å². The first kappa shape index (κ1) is 14.5. The third-order valence-electron chi connectivity index (χ3n) is 3.88. The Morgan fingerprint density at radius 3 is 2.59 bits per heavy atom. The topological polar surface area (TPSA) is 47.6 Å². The number of carbonyl (C=O) groups is 1. The van der Waals surface area contributed by atoms with Crippen molar-refractivity contribution in [3.05, 3.63) is 0 Å². The van der Waals surface area contributed by atoms with Gasteiger partial charge in [-0.1, -0.05) is 13.8 Å². The molecule has 4 nitrogen and oxygen atoms in total. The number of esters is 1. The van der Waals surface area contributed by atoms with Crippen molar-refractivity contribution in [2.24, 2.45) is 11.8 Å². The van der Waals surface area contributed by atoms with Gasteiger partial charge in [-0.15, -0.1) is 0 Å². The van der Waals surface area contributed by atoms with Gasteiger partial charge in [0.15, 0.2) is 0 Å². The summed E-state index contributed by atoms with van der Waals surface area (Å²) in [4.78, 5) is 11.4. The fraction of sp³-hybridized carbons (Fsp3) is 0.923. The Balaban J connectivity index is 2.32. The molecular weight excluding hydrogens is 218 g/mol. The van der Waals surface area contributed by atoms with Crippen molar-refractivity contribution in [1.82, 2.24) is 5.32 Å². The van der Waals surface area contributed by atoms with Crippen LogP contribution in [-0.4, -0.2) is 38.9 Å². The van der Waals surface area contributed by atoms with Crippen LogP contribution in [0.1, 0.15) is 33.1 Å². The Hall–Kier alpha value is -0.610. The lowest BCUT2D eigenvalue weighted by Crippen LogP contribution is -2.41. The first-order valence-corrected chi connectivity index (χ1v) is 6.45. The molecule has 4 heteroatoms. The van der Waals surface area contributed by atoms with E-state index in [1.54, 1.807) is 7.05 Å². The van der Waals surface area contributed by atoms with Crippen LogP contribution < -0.4 is 5.32 Å². The van der Waals surface area contributed by atoms with E-state index in [9.17, 15) is 4.79 Å². The van der Waals surface area contributed by atoms with Crippen LogP contribution in [0.15, 0.2) is 0 Å². The van der Waals surface area contributed by atoms with E-state index in [0.717, 1.165) is 18.8 Å². The van der Waals surface area contributed by atoms with E-state index in [0.29, 0.717) is 18.6 Å². The van der Waals surface area contributed by atoms with Gasteiger partial charge in [0.2, 0.25) is 0 Å². The largest absolute Gasteiger partial charge is 0.468 e. The van der Waals surface area contributed by atoms with E-state index < -0.39 is 0 Å². The van der Waals surface area contributed by atoms with Crippen LogP contribution >= 0.6 is 0 Å².